The first-order valence-electron chi connectivity index (χ1n) is 9.75. The van der Waals surface area contributed by atoms with Gasteiger partial charge in [0.15, 0.2) is 0 Å². The van der Waals surface area contributed by atoms with Crippen LogP contribution in [0.15, 0.2) is 54.6 Å². The third-order valence-corrected chi connectivity index (χ3v) is 6.28. The van der Waals surface area contributed by atoms with E-state index in [-0.39, 0.29) is 5.82 Å². The van der Waals surface area contributed by atoms with Crippen molar-refractivity contribution in [3.8, 4) is 0 Å². The van der Waals surface area contributed by atoms with E-state index in [1.54, 1.807) is 12.1 Å². The number of halogens is 1. The molecule has 2 aliphatic rings. The lowest BCUT2D eigenvalue weighted by Gasteiger charge is -2.27. The van der Waals surface area contributed by atoms with Gasteiger partial charge in [0.25, 0.3) is 0 Å². The number of likely N-dealkylation sites (tertiary alicyclic amines) is 1. The maximum absolute atomic E-state index is 13.1. The van der Waals surface area contributed by atoms with Gasteiger partial charge in [-0.25, -0.2) is 4.39 Å². The number of hydrogen-bond acceptors (Lipinski definition) is 2. The van der Waals surface area contributed by atoms with E-state index >= 15 is 0 Å². The van der Waals surface area contributed by atoms with Gasteiger partial charge < -0.3 is 10.0 Å². The third kappa shape index (κ3) is 3.84. The lowest BCUT2D eigenvalue weighted by Crippen LogP contribution is -2.33. The zero-order chi connectivity index (χ0) is 18.1. The molecular weight excluding hydrogens is 325 g/mol. The Morgan fingerprint density at radius 1 is 1.04 bits per heavy atom. The molecule has 4 atom stereocenters. The number of nitrogens with zero attached hydrogens (tertiary/aromatic N) is 1. The monoisotopic (exact) mass is 353 g/mol. The summed E-state index contributed by atoms with van der Waals surface area (Å²) in [6.45, 7) is 5.38. The second-order valence-corrected chi connectivity index (χ2v) is 8.49. The quantitative estimate of drug-likeness (QED) is 0.869. The summed E-state index contributed by atoms with van der Waals surface area (Å²) in [6.07, 6.45) is 2.59. The molecule has 2 aromatic rings. The molecule has 1 heterocycles. The Morgan fingerprint density at radius 3 is 2.27 bits per heavy atom. The number of hydrogen-bond donors (Lipinski definition) is 1. The van der Waals surface area contributed by atoms with Crippen LogP contribution in [0.3, 0.4) is 0 Å². The van der Waals surface area contributed by atoms with E-state index in [2.05, 4.69) is 24.0 Å². The molecule has 0 amide bonds. The fraction of sp³-hybridized carbons (Fsp3) is 0.478. The van der Waals surface area contributed by atoms with Crippen molar-refractivity contribution in [1.82, 2.24) is 4.90 Å². The van der Waals surface area contributed by atoms with Crippen molar-refractivity contribution in [1.29, 1.82) is 0 Å². The molecule has 2 aromatic carbocycles. The number of rotatable bonds is 5. The van der Waals surface area contributed by atoms with Gasteiger partial charge in [0.2, 0.25) is 0 Å². The SMILES string of the molecule is CC(CN1C[C@@H]2CC(O)(Cc3ccccc3)C[C@@H]2C1)c1ccc(F)cc1. The van der Waals surface area contributed by atoms with Crippen molar-refractivity contribution in [2.75, 3.05) is 19.6 Å². The van der Waals surface area contributed by atoms with E-state index in [1.807, 2.05) is 30.3 Å². The van der Waals surface area contributed by atoms with E-state index in [4.69, 9.17) is 0 Å². The zero-order valence-corrected chi connectivity index (χ0v) is 15.4. The van der Waals surface area contributed by atoms with E-state index in [0.717, 1.165) is 38.9 Å². The van der Waals surface area contributed by atoms with Gasteiger partial charge in [-0.15, -0.1) is 0 Å². The molecule has 1 saturated heterocycles. The molecule has 0 bridgehead atoms. The highest BCUT2D eigenvalue weighted by Gasteiger charge is 2.48. The van der Waals surface area contributed by atoms with Crippen LogP contribution in [0.4, 0.5) is 4.39 Å². The molecule has 2 unspecified atom stereocenters. The number of fused-ring (bicyclic) bond motifs is 1. The average molecular weight is 353 g/mol. The van der Waals surface area contributed by atoms with Gasteiger partial charge in [-0.2, -0.15) is 0 Å². The Kier molecular flexibility index (Phi) is 4.85. The molecule has 1 aliphatic carbocycles. The number of aliphatic hydroxyl groups is 1. The second kappa shape index (κ2) is 7.13. The third-order valence-electron chi connectivity index (χ3n) is 6.28. The standard InChI is InChI=1S/C23H28FNO/c1-17(19-7-9-22(24)10-8-19)14-25-15-20-12-23(26,13-21(20)16-25)11-18-5-3-2-4-6-18/h2-10,17,20-21,26H,11-16H2,1H3/t17?,20-,21+,23?. The molecule has 1 aliphatic heterocycles. The first kappa shape index (κ1) is 17.7. The van der Waals surface area contributed by atoms with Crippen LogP contribution in [-0.4, -0.2) is 35.2 Å². The van der Waals surface area contributed by atoms with Gasteiger partial charge >= 0.3 is 0 Å². The van der Waals surface area contributed by atoms with Gasteiger partial charge in [-0.3, -0.25) is 0 Å². The van der Waals surface area contributed by atoms with Gasteiger partial charge in [-0.05, 0) is 53.9 Å². The first-order valence-corrected chi connectivity index (χ1v) is 9.75. The molecule has 26 heavy (non-hydrogen) atoms. The second-order valence-electron chi connectivity index (χ2n) is 8.49. The van der Waals surface area contributed by atoms with Crippen molar-refractivity contribution in [2.24, 2.45) is 11.8 Å². The molecule has 0 spiro atoms. The Bertz CT molecular complexity index is 716. The summed E-state index contributed by atoms with van der Waals surface area (Å²) in [5.74, 6) is 1.43. The summed E-state index contributed by atoms with van der Waals surface area (Å²) in [7, 11) is 0. The van der Waals surface area contributed by atoms with Crippen molar-refractivity contribution in [3.63, 3.8) is 0 Å². The zero-order valence-electron chi connectivity index (χ0n) is 15.4. The summed E-state index contributed by atoms with van der Waals surface area (Å²) >= 11 is 0. The summed E-state index contributed by atoms with van der Waals surface area (Å²) in [5, 5.41) is 11.1. The summed E-state index contributed by atoms with van der Waals surface area (Å²) in [6, 6.07) is 17.2. The van der Waals surface area contributed by atoms with Crippen LogP contribution in [0.5, 0.6) is 0 Å². The lowest BCUT2D eigenvalue weighted by molar-refractivity contribution is 0.0353. The lowest BCUT2D eigenvalue weighted by atomic mass is 9.91. The van der Waals surface area contributed by atoms with Crippen LogP contribution in [0.1, 0.15) is 36.8 Å². The molecule has 138 valence electrons. The Labute approximate surface area is 155 Å². The number of benzene rings is 2. The van der Waals surface area contributed by atoms with Crippen LogP contribution >= 0.6 is 0 Å². The van der Waals surface area contributed by atoms with Gasteiger partial charge in [0, 0.05) is 26.1 Å². The van der Waals surface area contributed by atoms with E-state index in [1.165, 1.54) is 11.1 Å². The highest BCUT2D eigenvalue weighted by Crippen LogP contribution is 2.45. The highest BCUT2D eigenvalue weighted by atomic mass is 19.1. The normalized spacial score (nSPS) is 29.7. The summed E-state index contributed by atoms with van der Waals surface area (Å²) < 4.78 is 13.1. The van der Waals surface area contributed by atoms with Gasteiger partial charge in [-0.1, -0.05) is 49.4 Å². The summed E-state index contributed by atoms with van der Waals surface area (Å²) in [5.41, 5.74) is 1.89. The van der Waals surface area contributed by atoms with E-state index in [9.17, 15) is 9.50 Å². The molecule has 2 nitrogen and oxygen atoms in total. The molecule has 1 saturated carbocycles. The first-order chi connectivity index (χ1) is 12.5. The van der Waals surface area contributed by atoms with Crippen LogP contribution in [0.25, 0.3) is 0 Å². The van der Waals surface area contributed by atoms with Crippen molar-refractivity contribution < 1.29 is 9.50 Å². The van der Waals surface area contributed by atoms with Gasteiger partial charge in [0.05, 0.1) is 5.60 Å². The average Bonchev–Trinajstić information content (AvgIpc) is 3.10. The van der Waals surface area contributed by atoms with Crippen LogP contribution in [0.2, 0.25) is 0 Å². The topological polar surface area (TPSA) is 23.5 Å². The molecular formula is C23H28FNO. The minimum Gasteiger partial charge on any atom is -0.390 e. The van der Waals surface area contributed by atoms with Gasteiger partial charge in [0.1, 0.15) is 5.82 Å². The van der Waals surface area contributed by atoms with Crippen LogP contribution in [-0.2, 0) is 6.42 Å². The Hall–Kier alpha value is -1.71. The smallest absolute Gasteiger partial charge is 0.123 e. The molecule has 4 rings (SSSR count). The highest BCUT2D eigenvalue weighted by molar-refractivity contribution is 5.21. The van der Waals surface area contributed by atoms with Crippen molar-refractivity contribution in [3.05, 3.63) is 71.5 Å². The Balaban J connectivity index is 1.32. The maximum Gasteiger partial charge on any atom is 0.123 e. The molecule has 0 radical (unpaired) electrons. The predicted octanol–water partition coefficient (Wildman–Crippen LogP) is 4.24. The van der Waals surface area contributed by atoms with Crippen LogP contribution < -0.4 is 0 Å². The molecule has 0 aromatic heterocycles. The minimum absolute atomic E-state index is 0.172. The van der Waals surface area contributed by atoms with Crippen molar-refractivity contribution >= 4 is 0 Å². The molecule has 1 N–H and O–H groups in total. The van der Waals surface area contributed by atoms with Crippen molar-refractivity contribution in [2.45, 2.75) is 37.7 Å². The minimum atomic E-state index is -0.536. The van der Waals surface area contributed by atoms with E-state index < -0.39 is 5.60 Å². The van der Waals surface area contributed by atoms with E-state index in [0.29, 0.717) is 17.8 Å². The fourth-order valence-corrected chi connectivity index (χ4v) is 5.11. The predicted molar refractivity (Wildman–Crippen MR) is 103 cm³/mol. The molecule has 3 heteroatoms. The Morgan fingerprint density at radius 2 is 1.65 bits per heavy atom. The largest absolute Gasteiger partial charge is 0.390 e. The van der Waals surface area contributed by atoms with Crippen LogP contribution in [0, 0.1) is 17.7 Å². The fourth-order valence-electron chi connectivity index (χ4n) is 5.11. The maximum atomic E-state index is 13.1. The summed E-state index contributed by atoms with van der Waals surface area (Å²) in [4.78, 5) is 2.53. The molecule has 2 fully saturated rings.